The van der Waals surface area contributed by atoms with Gasteiger partial charge >= 0.3 is 0 Å². The highest BCUT2D eigenvalue weighted by molar-refractivity contribution is 6.99. The number of nitrogens with zero attached hydrogens (tertiary/aromatic N) is 1. The fourth-order valence-corrected chi connectivity index (χ4v) is 13.3. The summed E-state index contributed by atoms with van der Waals surface area (Å²) in [4.78, 5) is 2.56. The molecule has 1 heterocycles. The monoisotopic (exact) mass is 1070 g/mol. The molecule has 0 aromatic heterocycles. The average Bonchev–Trinajstić information content (AvgIpc) is 2.96. The van der Waals surface area contributed by atoms with Crippen LogP contribution in [0.2, 0.25) is 0 Å². The van der Waals surface area contributed by atoms with E-state index in [0.717, 1.165) is 39.3 Å². The highest BCUT2D eigenvalue weighted by Crippen LogP contribution is 2.47. The number of hydrogen-bond donors (Lipinski definition) is 0. The van der Waals surface area contributed by atoms with E-state index < -0.39 is 0 Å². The van der Waals surface area contributed by atoms with E-state index in [1.54, 1.807) is 0 Å². The van der Waals surface area contributed by atoms with Crippen LogP contribution in [-0.4, -0.2) is 20.1 Å². The van der Waals surface area contributed by atoms with Gasteiger partial charge in [-0.1, -0.05) is 351 Å². The average molecular weight is 1070 g/mol. The van der Waals surface area contributed by atoms with Crippen LogP contribution in [0.15, 0.2) is 328 Å². The molecule has 1 nitrogen and oxygen atoms in total. The summed E-state index contributed by atoms with van der Waals surface area (Å²) in [5, 5.41) is 0. The molecule has 0 aliphatic carbocycles. The van der Waals surface area contributed by atoms with Crippen molar-refractivity contribution < 1.29 is 0 Å². The fourth-order valence-electron chi connectivity index (χ4n) is 13.3. The Kier molecular flexibility index (Phi) is 14.2. The first-order valence-electron chi connectivity index (χ1n) is 29.4. The first-order valence-corrected chi connectivity index (χ1v) is 29.4. The molecule has 0 saturated heterocycles. The number of aryl methyl sites for hydroxylation is 2. The molecule has 394 valence electrons. The fraction of sp³-hybridized carbons (Fsp3) is 0.0250. The number of hydrogen-bond acceptors (Lipinski definition) is 1. The van der Waals surface area contributed by atoms with Crippen molar-refractivity contribution in [2.45, 2.75) is 13.8 Å². The molecule has 0 N–H and O–H groups in total. The van der Waals surface area contributed by atoms with E-state index in [-0.39, 0.29) is 20.1 Å². The molecule has 4 heteroatoms. The van der Waals surface area contributed by atoms with Gasteiger partial charge in [-0.15, -0.1) is 0 Å². The van der Waals surface area contributed by atoms with Crippen molar-refractivity contribution in [3.05, 3.63) is 339 Å². The first-order chi connectivity index (χ1) is 41.5. The van der Waals surface area contributed by atoms with E-state index in [1.165, 1.54) is 93.7 Å². The molecule has 1 aliphatic heterocycles. The summed E-state index contributed by atoms with van der Waals surface area (Å²) in [6, 6.07) is 122. The lowest BCUT2D eigenvalue weighted by Gasteiger charge is -2.35. The third kappa shape index (κ3) is 10.0. The number of rotatable bonds is 11. The summed E-state index contributed by atoms with van der Waals surface area (Å²) in [6.45, 7) is 4.36. The summed E-state index contributed by atoms with van der Waals surface area (Å²) < 4.78 is 0. The molecule has 1 aliphatic rings. The molecule has 13 aromatic rings. The van der Waals surface area contributed by atoms with Crippen molar-refractivity contribution in [2.75, 3.05) is 4.90 Å². The second-order valence-electron chi connectivity index (χ2n) is 22.4. The normalized spacial score (nSPS) is 11.6. The zero-order valence-electron chi connectivity index (χ0n) is 47.4. The molecule has 0 amide bonds. The molecule has 14 rings (SSSR count). The van der Waals surface area contributed by atoms with Gasteiger partial charge in [0.2, 0.25) is 20.1 Å². The maximum absolute atomic E-state index is 2.56. The molecular weight excluding hydrogens is 1010 g/mol. The molecule has 84 heavy (non-hydrogen) atoms. The molecule has 0 bridgehead atoms. The van der Waals surface area contributed by atoms with Crippen LogP contribution in [0, 0.1) is 13.8 Å². The molecule has 0 radical (unpaired) electrons. The van der Waals surface area contributed by atoms with Crippen molar-refractivity contribution in [3.8, 4) is 55.6 Å². The minimum atomic E-state index is -0.198. The van der Waals surface area contributed by atoms with Crippen LogP contribution in [0.3, 0.4) is 0 Å². The highest BCUT2D eigenvalue weighted by atomic mass is 15.1. The van der Waals surface area contributed by atoms with Crippen molar-refractivity contribution >= 4 is 86.4 Å². The summed E-state index contributed by atoms with van der Waals surface area (Å²) in [5.74, 6) is 0. The van der Waals surface area contributed by atoms with Gasteiger partial charge in [0.25, 0.3) is 0 Å². The lowest BCUT2D eigenvalue weighted by molar-refractivity contribution is 1.28. The Morgan fingerprint density at radius 1 is 0.250 bits per heavy atom. The summed E-state index contributed by atoms with van der Waals surface area (Å²) >= 11 is 0. The molecule has 0 unspecified atom stereocenters. The smallest absolute Gasteiger partial charge is 0.243 e. The first kappa shape index (κ1) is 52.0. The van der Waals surface area contributed by atoms with Gasteiger partial charge in [-0.2, -0.15) is 0 Å². The molecule has 13 aromatic carbocycles. The molecular formula is C80H60B3N. The second kappa shape index (κ2) is 23.0. The van der Waals surface area contributed by atoms with Crippen LogP contribution in [0.5, 0.6) is 0 Å². The van der Waals surface area contributed by atoms with Crippen LogP contribution >= 0.6 is 0 Å². The van der Waals surface area contributed by atoms with E-state index in [1.807, 2.05) is 0 Å². The zero-order chi connectivity index (χ0) is 56.3. The quantitative estimate of drug-likeness (QED) is 0.117. The summed E-state index contributed by atoms with van der Waals surface area (Å²) in [5.41, 5.74) is 28.8. The van der Waals surface area contributed by atoms with Crippen LogP contribution in [0.1, 0.15) is 11.1 Å². The minimum Gasteiger partial charge on any atom is -0.309 e. The maximum Gasteiger partial charge on any atom is 0.243 e. The van der Waals surface area contributed by atoms with Crippen molar-refractivity contribution in [1.29, 1.82) is 0 Å². The van der Waals surface area contributed by atoms with Crippen molar-refractivity contribution in [2.24, 2.45) is 0 Å². The zero-order valence-corrected chi connectivity index (χ0v) is 47.4. The Bertz CT molecular complexity index is 4100. The van der Waals surface area contributed by atoms with E-state index in [2.05, 4.69) is 346 Å². The largest absolute Gasteiger partial charge is 0.309 e. The van der Waals surface area contributed by atoms with Gasteiger partial charge in [0.05, 0.1) is 11.4 Å². The van der Waals surface area contributed by atoms with Gasteiger partial charge in [0, 0.05) is 16.8 Å². The van der Waals surface area contributed by atoms with Gasteiger partial charge in [-0.05, 0) is 94.8 Å². The second-order valence-corrected chi connectivity index (χ2v) is 22.4. The topological polar surface area (TPSA) is 3.24 Å². The third-order valence-electron chi connectivity index (χ3n) is 17.3. The molecule has 0 saturated carbocycles. The van der Waals surface area contributed by atoms with Gasteiger partial charge < -0.3 is 4.90 Å². The Labute approximate surface area is 496 Å². The summed E-state index contributed by atoms with van der Waals surface area (Å²) in [7, 11) is 0. The Morgan fingerprint density at radius 3 is 0.940 bits per heavy atom. The predicted octanol–water partition coefficient (Wildman–Crippen LogP) is 14.0. The van der Waals surface area contributed by atoms with Gasteiger partial charge in [0.15, 0.2) is 0 Å². The van der Waals surface area contributed by atoms with E-state index in [4.69, 9.17) is 0 Å². The maximum atomic E-state index is 2.56. The molecule has 0 fully saturated rings. The molecule has 0 atom stereocenters. The van der Waals surface area contributed by atoms with Crippen LogP contribution < -0.4 is 54.1 Å². The predicted molar refractivity (Wildman–Crippen MR) is 364 cm³/mol. The van der Waals surface area contributed by atoms with Gasteiger partial charge in [-0.3, -0.25) is 0 Å². The third-order valence-corrected chi connectivity index (χ3v) is 17.3. The van der Waals surface area contributed by atoms with Crippen LogP contribution in [-0.2, 0) is 0 Å². The van der Waals surface area contributed by atoms with Crippen LogP contribution in [0.25, 0.3) is 55.6 Å². The van der Waals surface area contributed by atoms with Crippen molar-refractivity contribution in [1.82, 2.24) is 0 Å². The molecule has 0 spiro atoms. The highest BCUT2D eigenvalue weighted by Gasteiger charge is 2.36. The lowest BCUT2D eigenvalue weighted by atomic mass is 9.32. The Morgan fingerprint density at radius 2 is 0.571 bits per heavy atom. The van der Waals surface area contributed by atoms with Gasteiger partial charge in [0.1, 0.15) is 0 Å². The Hall–Kier alpha value is -10.1. The van der Waals surface area contributed by atoms with Crippen molar-refractivity contribution in [3.63, 3.8) is 0 Å². The lowest BCUT2D eigenvalue weighted by Crippen LogP contribution is -2.58. The van der Waals surface area contributed by atoms with Crippen LogP contribution in [0.4, 0.5) is 17.1 Å². The standard InChI is InChI=1S/C80H60B3N/c1-57-25-24-26-58(2)80(57)83-76-49-45-69(81(65-33-16-6-17-34-65)66-35-18-7-19-36-66)55-72(76)74-53-63(60-29-12-4-13-30-60)43-51-78(74)84(71-47-41-62(42-48-71)59-27-10-3-11-28-59)79-52-44-64(61-31-14-5-15-32-61)54-75(79)73-56-70(46-50-77(73)83)82(67-37-20-8-21-38-67)68-39-22-9-23-40-68/h3-56H,1-2H3. The minimum absolute atomic E-state index is 0.0333. The van der Waals surface area contributed by atoms with E-state index in [0.29, 0.717) is 0 Å². The van der Waals surface area contributed by atoms with E-state index >= 15 is 0 Å². The SMILES string of the molecule is Cc1cccc(C)c1B1c2ccc(B(c3ccccc3)c3ccccc3)cc2-c2cc(-c3ccccc3)ccc2N(c2ccc(-c3ccccc3)cc2)c2ccc(-c3ccccc3)cc2-c2cc(B(c3ccccc3)c3ccccc3)ccc21. The number of anilines is 3. The Balaban J connectivity index is 1.15. The number of fused-ring (bicyclic) bond motifs is 6. The summed E-state index contributed by atoms with van der Waals surface area (Å²) in [6.07, 6.45) is 0. The van der Waals surface area contributed by atoms with E-state index in [9.17, 15) is 0 Å². The van der Waals surface area contributed by atoms with Gasteiger partial charge in [-0.25, -0.2) is 0 Å². The number of benzene rings is 13.